The van der Waals surface area contributed by atoms with Crippen molar-refractivity contribution in [1.29, 1.82) is 0 Å². The van der Waals surface area contributed by atoms with Crippen molar-refractivity contribution in [2.24, 2.45) is 5.41 Å². The molecule has 0 fully saturated rings. The Morgan fingerprint density at radius 1 is 1.35 bits per heavy atom. The molecule has 1 rings (SSSR count). The van der Waals surface area contributed by atoms with Crippen LogP contribution in [-0.2, 0) is 11.3 Å². The van der Waals surface area contributed by atoms with E-state index in [2.05, 4.69) is 26.6 Å². The number of benzene rings is 1. The van der Waals surface area contributed by atoms with E-state index in [9.17, 15) is 9.59 Å². The van der Waals surface area contributed by atoms with Crippen molar-refractivity contribution >= 4 is 27.9 Å². The van der Waals surface area contributed by atoms with Crippen LogP contribution in [0.25, 0.3) is 0 Å². The van der Waals surface area contributed by atoms with Crippen molar-refractivity contribution in [3.8, 4) is 0 Å². The van der Waals surface area contributed by atoms with Crippen molar-refractivity contribution in [2.45, 2.75) is 26.8 Å². The first-order valence-corrected chi connectivity index (χ1v) is 7.16. The number of nitrogens with one attached hydrogen (secondary N) is 2. The Labute approximate surface area is 126 Å². The molecular weight excluding hydrogens is 324 g/mol. The van der Waals surface area contributed by atoms with Gasteiger partial charge in [0.05, 0.1) is 5.41 Å². The normalized spacial score (nSPS) is 13.3. The Balaban J connectivity index is 2.43. The van der Waals surface area contributed by atoms with Gasteiger partial charge in [-0.15, -0.1) is 0 Å². The summed E-state index contributed by atoms with van der Waals surface area (Å²) in [6.45, 7) is 3.89. The molecule has 20 heavy (non-hydrogen) atoms. The SMILES string of the molecule is CCC(C)(CNC(=O)NCc1cccc(Br)c1)C(=O)O. The van der Waals surface area contributed by atoms with Crippen molar-refractivity contribution in [3.05, 3.63) is 34.3 Å². The largest absolute Gasteiger partial charge is 0.481 e. The van der Waals surface area contributed by atoms with E-state index in [1.807, 2.05) is 24.3 Å². The van der Waals surface area contributed by atoms with Crippen LogP contribution in [0.1, 0.15) is 25.8 Å². The quantitative estimate of drug-likeness (QED) is 0.743. The highest BCUT2D eigenvalue weighted by Gasteiger charge is 2.31. The molecule has 3 N–H and O–H groups in total. The van der Waals surface area contributed by atoms with Gasteiger partial charge in [-0.05, 0) is 31.0 Å². The number of carboxylic acids is 1. The Morgan fingerprint density at radius 3 is 2.60 bits per heavy atom. The van der Waals surface area contributed by atoms with Gasteiger partial charge in [-0.25, -0.2) is 4.79 Å². The molecule has 6 heteroatoms. The molecule has 0 aliphatic rings. The van der Waals surface area contributed by atoms with Crippen LogP contribution in [0.5, 0.6) is 0 Å². The second-order valence-electron chi connectivity index (χ2n) is 4.89. The van der Waals surface area contributed by atoms with Crippen LogP contribution in [0.3, 0.4) is 0 Å². The lowest BCUT2D eigenvalue weighted by molar-refractivity contribution is -0.147. The molecule has 0 radical (unpaired) electrons. The van der Waals surface area contributed by atoms with Crippen molar-refractivity contribution in [3.63, 3.8) is 0 Å². The number of hydrogen-bond acceptors (Lipinski definition) is 2. The molecule has 1 atom stereocenters. The van der Waals surface area contributed by atoms with E-state index >= 15 is 0 Å². The monoisotopic (exact) mass is 342 g/mol. The van der Waals surface area contributed by atoms with Gasteiger partial charge in [0, 0.05) is 17.6 Å². The molecule has 110 valence electrons. The number of amides is 2. The summed E-state index contributed by atoms with van der Waals surface area (Å²) in [5.74, 6) is -0.910. The van der Waals surface area contributed by atoms with Gasteiger partial charge in [0.25, 0.3) is 0 Å². The van der Waals surface area contributed by atoms with Crippen LogP contribution >= 0.6 is 15.9 Å². The van der Waals surface area contributed by atoms with Crippen LogP contribution in [0, 0.1) is 5.41 Å². The average molecular weight is 343 g/mol. The fraction of sp³-hybridized carbons (Fsp3) is 0.429. The molecule has 0 aliphatic heterocycles. The Morgan fingerprint density at radius 2 is 2.05 bits per heavy atom. The number of halogens is 1. The highest BCUT2D eigenvalue weighted by Crippen LogP contribution is 2.19. The lowest BCUT2D eigenvalue weighted by Gasteiger charge is -2.23. The second kappa shape index (κ2) is 7.28. The summed E-state index contributed by atoms with van der Waals surface area (Å²) in [7, 11) is 0. The third-order valence-corrected chi connectivity index (χ3v) is 3.77. The number of aliphatic carboxylic acids is 1. The molecule has 0 spiro atoms. The maximum atomic E-state index is 11.7. The average Bonchev–Trinajstić information content (AvgIpc) is 2.42. The molecule has 1 aromatic carbocycles. The summed E-state index contributed by atoms with van der Waals surface area (Å²) < 4.78 is 0.946. The number of urea groups is 1. The molecule has 2 amide bonds. The van der Waals surface area contributed by atoms with Gasteiger partial charge in [-0.1, -0.05) is 35.0 Å². The lowest BCUT2D eigenvalue weighted by Crippen LogP contribution is -2.44. The van der Waals surface area contributed by atoms with Crippen LogP contribution in [0.15, 0.2) is 28.7 Å². The third-order valence-electron chi connectivity index (χ3n) is 3.28. The highest BCUT2D eigenvalue weighted by molar-refractivity contribution is 9.10. The molecular formula is C14H19BrN2O3. The van der Waals surface area contributed by atoms with E-state index in [0.717, 1.165) is 10.0 Å². The summed E-state index contributed by atoms with van der Waals surface area (Å²) in [5, 5.41) is 14.4. The van der Waals surface area contributed by atoms with Gasteiger partial charge < -0.3 is 15.7 Å². The van der Waals surface area contributed by atoms with E-state index in [0.29, 0.717) is 13.0 Å². The molecule has 0 heterocycles. The summed E-state index contributed by atoms with van der Waals surface area (Å²) in [4.78, 5) is 22.8. The Bertz CT molecular complexity index is 493. The third kappa shape index (κ3) is 4.85. The van der Waals surface area contributed by atoms with Crippen molar-refractivity contribution in [1.82, 2.24) is 10.6 Å². The first-order chi connectivity index (χ1) is 9.37. The van der Waals surface area contributed by atoms with E-state index in [4.69, 9.17) is 5.11 Å². The number of carbonyl (C=O) groups is 2. The standard InChI is InChI=1S/C14H19BrN2O3/c1-3-14(2,12(18)19)9-17-13(20)16-8-10-5-4-6-11(15)7-10/h4-7H,3,8-9H2,1-2H3,(H,18,19)(H2,16,17,20). The molecule has 1 unspecified atom stereocenters. The van der Waals surface area contributed by atoms with E-state index in [1.54, 1.807) is 13.8 Å². The lowest BCUT2D eigenvalue weighted by atomic mass is 9.88. The maximum Gasteiger partial charge on any atom is 0.315 e. The molecule has 5 nitrogen and oxygen atoms in total. The van der Waals surface area contributed by atoms with Crippen molar-refractivity contribution < 1.29 is 14.7 Å². The molecule has 0 saturated heterocycles. The molecule has 0 saturated carbocycles. The van der Waals surface area contributed by atoms with Gasteiger partial charge in [-0.2, -0.15) is 0 Å². The van der Waals surface area contributed by atoms with Gasteiger partial charge in [0.1, 0.15) is 0 Å². The number of carboxylic acid groups (broad SMARTS) is 1. The van der Waals surface area contributed by atoms with E-state index in [1.165, 1.54) is 0 Å². The van der Waals surface area contributed by atoms with Crippen LogP contribution in [0.4, 0.5) is 4.79 Å². The summed E-state index contributed by atoms with van der Waals surface area (Å²) in [5.41, 5.74) is 0.0265. The predicted molar refractivity (Wildman–Crippen MR) is 80.4 cm³/mol. The summed E-state index contributed by atoms with van der Waals surface area (Å²) >= 11 is 3.36. The summed E-state index contributed by atoms with van der Waals surface area (Å²) in [6, 6.07) is 7.23. The first-order valence-electron chi connectivity index (χ1n) is 6.37. The number of carbonyl (C=O) groups excluding carboxylic acids is 1. The molecule has 0 aliphatic carbocycles. The van der Waals surface area contributed by atoms with Gasteiger partial charge in [0.15, 0.2) is 0 Å². The van der Waals surface area contributed by atoms with E-state index in [-0.39, 0.29) is 12.6 Å². The number of rotatable bonds is 6. The molecule has 0 aromatic heterocycles. The zero-order chi connectivity index (χ0) is 15.2. The minimum Gasteiger partial charge on any atom is -0.481 e. The van der Waals surface area contributed by atoms with Crippen LogP contribution in [0.2, 0.25) is 0 Å². The van der Waals surface area contributed by atoms with Crippen LogP contribution in [-0.4, -0.2) is 23.7 Å². The fourth-order valence-corrected chi connectivity index (χ4v) is 1.97. The Kier molecular flexibility index (Phi) is 6.01. The fourth-order valence-electron chi connectivity index (χ4n) is 1.52. The van der Waals surface area contributed by atoms with Gasteiger partial charge in [-0.3, -0.25) is 4.79 Å². The zero-order valence-corrected chi connectivity index (χ0v) is 13.2. The second-order valence-corrected chi connectivity index (χ2v) is 5.80. The van der Waals surface area contributed by atoms with E-state index < -0.39 is 11.4 Å². The van der Waals surface area contributed by atoms with Gasteiger partial charge in [0.2, 0.25) is 0 Å². The smallest absolute Gasteiger partial charge is 0.315 e. The summed E-state index contributed by atoms with van der Waals surface area (Å²) in [6.07, 6.45) is 0.453. The van der Waals surface area contributed by atoms with Gasteiger partial charge >= 0.3 is 12.0 Å². The predicted octanol–water partition coefficient (Wildman–Crippen LogP) is 2.75. The topological polar surface area (TPSA) is 78.4 Å². The minimum absolute atomic E-state index is 0.100. The molecule has 1 aromatic rings. The van der Waals surface area contributed by atoms with Crippen molar-refractivity contribution in [2.75, 3.05) is 6.54 Å². The first kappa shape index (κ1) is 16.5. The minimum atomic E-state index is -0.937. The molecule has 0 bridgehead atoms. The zero-order valence-electron chi connectivity index (χ0n) is 11.6. The Hall–Kier alpha value is -1.56. The van der Waals surface area contributed by atoms with Crippen LogP contribution < -0.4 is 10.6 Å². The number of hydrogen-bond donors (Lipinski definition) is 3. The maximum absolute atomic E-state index is 11.7. The highest BCUT2D eigenvalue weighted by atomic mass is 79.9.